The lowest BCUT2D eigenvalue weighted by atomic mass is 9.74. The largest absolute Gasteiger partial charge is 0.494 e. The fraction of sp³-hybridized carbons (Fsp3) is 0.391. The Balaban J connectivity index is 1.83. The van der Waals surface area contributed by atoms with Crippen LogP contribution in [0.4, 0.5) is 0 Å². The number of hydrogen-bond acceptors (Lipinski definition) is 2. The van der Waals surface area contributed by atoms with Crippen LogP contribution in [0.1, 0.15) is 52.7 Å². The fourth-order valence-electron chi connectivity index (χ4n) is 4.18. The molecule has 26 heavy (non-hydrogen) atoms. The zero-order chi connectivity index (χ0) is 18.7. The van der Waals surface area contributed by atoms with Gasteiger partial charge < -0.3 is 9.31 Å². The molecule has 0 aromatic heterocycles. The second-order valence-electron chi connectivity index (χ2n) is 8.64. The quantitative estimate of drug-likeness (QED) is 0.572. The average Bonchev–Trinajstić information content (AvgIpc) is 2.96. The third-order valence-corrected chi connectivity index (χ3v) is 6.41. The average molecular weight is 346 g/mol. The maximum Gasteiger partial charge on any atom is 0.494 e. The smallest absolute Gasteiger partial charge is 0.399 e. The Morgan fingerprint density at radius 3 is 2.08 bits per heavy atom. The summed E-state index contributed by atoms with van der Waals surface area (Å²) in [6.07, 6.45) is 4.44. The number of hydrogen-bond donors (Lipinski definition) is 0. The van der Waals surface area contributed by atoms with Crippen molar-refractivity contribution in [3.63, 3.8) is 0 Å². The SMILES string of the molecule is C/C=C/C1(C)c2ccccc2-c2ccc(B3OC(C)(C)C(C)(C)O3)cc21. The van der Waals surface area contributed by atoms with Crippen LogP contribution in [0.15, 0.2) is 54.6 Å². The lowest BCUT2D eigenvalue weighted by Crippen LogP contribution is -2.41. The summed E-state index contributed by atoms with van der Waals surface area (Å²) in [6, 6.07) is 15.4. The van der Waals surface area contributed by atoms with Crippen molar-refractivity contribution in [3.05, 3.63) is 65.7 Å². The van der Waals surface area contributed by atoms with Crippen LogP contribution in [0.2, 0.25) is 0 Å². The Hall–Kier alpha value is -1.84. The number of allylic oxidation sites excluding steroid dienone is 2. The van der Waals surface area contributed by atoms with Gasteiger partial charge in [0.15, 0.2) is 0 Å². The Labute approximate surface area is 157 Å². The highest BCUT2D eigenvalue weighted by molar-refractivity contribution is 6.62. The zero-order valence-electron chi connectivity index (χ0n) is 16.6. The molecule has 2 aromatic rings. The van der Waals surface area contributed by atoms with E-state index in [9.17, 15) is 0 Å². The van der Waals surface area contributed by atoms with E-state index in [0.717, 1.165) is 5.46 Å². The van der Waals surface area contributed by atoms with Gasteiger partial charge in [-0.3, -0.25) is 0 Å². The summed E-state index contributed by atoms with van der Waals surface area (Å²) >= 11 is 0. The first-order valence-corrected chi connectivity index (χ1v) is 9.43. The first kappa shape index (κ1) is 17.6. The summed E-state index contributed by atoms with van der Waals surface area (Å²) in [4.78, 5) is 0. The van der Waals surface area contributed by atoms with Gasteiger partial charge in [-0.05, 0) is 69.3 Å². The van der Waals surface area contributed by atoms with Gasteiger partial charge >= 0.3 is 7.12 Å². The summed E-state index contributed by atoms with van der Waals surface area (Å²) in [5.41, 5.74) is 5.62. The van der Waals surface area contributed by atoms with Crippen LogP contribution in [-0.4, -0.2) is 18.3 Å². The van der Waals surface area contributed by atoms with E-state index in [4.69, 9.17) is 9.31 Å². The molecular weight excluding hydrogens is 319 g/mol. The molecule has 1 saturated heterocycles. The van der Waals surface area contributed by atoms with Crippen molar-refractivity contribution in [1.82, 2.24) is 0 Å². The van der Waals surface area contributed by atoms with E-state index in [1.54, 1.807) is 0 Å². The van der Waals surface area contributed by atoms with Crippen LogP contribution in [0.25, 0.3) is 11.1 Å². The van der Waals surface area contributed by atoms with Crippen molar-refractivity contribution in [3.8, 4) is 11.1 Å². The standard InChI is InChI=1S/C23H27BO2/c1-7-14-23(6)19-11-9-8-10-17(19)18-13-12-16(15-20(18)23)24-25-21(2,3)22(4,5)26-24/h7-15H,1-6H3/b14-7+. The van der Waals surface area contributed by atoms with E-state index >= 15 is 0 Å². The van der Waals surface area contributed by atoms with Gasteiger partial charge in [0.25, 0.3) is 0 Å². The van der Waals surface area contributed by atoms with Crippen molar-refractivity contribution < 1.29 is 9.31 Å². The Bertz CT molecular complexity index is 881. The molecule has 1 fully saturated rings. The van der Waals surface area contributed by atoms with Gasteiger partial charge in [-0.25, -0.2) is 0 Å². The lowest BCUT2D eigenvalue weighted by molar-refractivity contribution is 0.00578. The molecule has 1 atom stereocenters. The van der Waals surface area contributed by atoms with Crippen LogP contribution >= 0.6 is 0 Å². The Morgan fingerprint density at radius 1 is 0.808 bits per heavy atom. The third-order valence-electron chi connectivity index (χ3n) is 6.41. The normalized spacial score (nSPS) is 25.5. The van der Waals surface area contributed by atoms with Crippen LogP contribution in [0.5, 0.6) is 0 Å². The molecule has 0 bridgehead atoms. The van der Waals surface area contributed by atoms with Crippen LogP contribution in [0.3, 0.4) is 0 Å². The molecular formula is C23H27BO2. The molecule has 2 aliphatic rings. The molecule has 0 radical (unpaired) electrons. The van der Waals surface area contributed by atoms with E-state index in [-0.39, 0.29) is 23.7 Å². The van der Waals surface area contributed by atoms with Gasteiger partial charge in [-0.15, -0.1) is 0 Å². The predicted molar refractivity (Wildman–Crippen MR) is 109 cm³/mol. The van der Waals surface area contributed by atoms with E-state index < -0.39 is 0 Å². The van der Waals surface area contributed by atoms with Gasteiger partial charge in [-0.2, -0.15) is 0 Å². The number of fused-ring (bicyclic) bond motifs is 3. The topological polar surface area (TPSA) is 18.5 Å². The Kier molecular flexibility index (Phi) is 3.77. The van der Waals surface area contributed by atoms with Crippen molar-refractivity contribution in [2.24, 2.45) is 0 Å². The number of rotatable bonds is 2. The molecule has 0 saturated carbocycles. The molecule has 1 aliphatic carbocycles. The van der Waals surface area contributed by atoms with Crippen LogP contribution < -0.4 is 5.46 Å². The highest BCUT2D eigenvalue weighted by Crippen LogP contribution is 2.49. The highest BCUT2D eigenvalue weighted by atomic mass is 16.7. The lowest BCUT2D eigenvalue weighted by Gasteiger charge is -2.32. The van der Waals surface area contributed by atoms with Gasteiger partial charge in [0.2, 0.25) is 0 Å². The highest BCUT2D eigenvalue weighted by Gasteiger charge is 2.52. The minimum Gasteiger partial charge on any atom is -0.399 e. The van der Waals surface area contributed by atoms with E-state index in [0.29, 0.717) is 0 Å². The summed E-state index contributed by atoms with van der Waals surface area (Å²) in [5, 5.41) is 0. The van der Waals surface area contributed by atoms with Gasteiger partial charge in [0.05, 0.1) is 11.2 Å². The van der Waals surface area contributed by atoms with Crippen LogP contribution in [-0.2, 0) is 14.7 Å². The van der Waals surface area contributed by atoms with E-state index in [1.165, 1.54) is 22.3 Å². The molecule has 1 aliphatic heterocycles. The molecule has 3 heteroatoms. The first-order chi connectivity index (χ1) is 12.2. The molecule has 134 valence electrons. The van der Waals surface area contributed by atoms with E-state index in [2.05, 4.69) is 96.2 Å². The molecule has 0 N–H and O–H groups in total. The molecule has 4 rings (SSSR count). The van der Waals surface area contributed by atoms with Gasteiger partial charge in [0, 0.05) is 5.41 Å². The third kappa shape index (κ3) is 2.34. The summed E-state index contributed by atoms with van der Waals surface area (Å²) in [5.74, 6) is 0. The molecule has 1 heterocycles. The Morgan fingerprint density at radius 2 is 1.42 bits per heavy atom. The second-order valence-corrected chi connectivity index (χ2v) is 8.64. The molecule has 0 spiro atoms. The molecule has 2 aromatic carbocycles. The first-order valence-electron chi connectivity index (χ1n) is 9.43. The summed E-state index contributed by atoms with van der Waals surface area (Å²) < 4.78 is 12.5. The fourth-order valence-corrected chi connectivity index (χ4v) is 4.18. The van der Waals surface area contributed by atoms with E-state index in [1.807, 2.05) is 0 Å². The zero-order valence-corrected chi connectivity index (χ0v) is 16.6. The van der Waals surface area contributed by atoms with Crippen LogP contribution in [0, 0.1) is 0 Å². The number of benzene rings is 2. The van der Waals surface area contributed by atoms with Crippen molar-refractivity contribution >= 4 is 12.6 Å². The van der Waals surface area contributed by atoms with Gasteiger partial charge in [-0.1, -0.05) is 54.6 Å². The van der Waals surface area contributed by atoms with Crippen molar-refractivity contribution in [2.75, 3.05) is 0 Å². The summed E-state index contributed by atoms with van der Waals surface area (Å²) in [6.45, 7) is 12.8. The minimum absolute atomic E-state index is 0.125. The maximum absolute atomic E-state index is 6.27. The van der Waals surface area contributed by atoms with Gasteiger partial charge in [0.1, 0.15) is 0 Å². The van der Waals surface area contributed by atoms with Crippen molar-refractivity contribution in [2.45, 2.75) is 58.2 Å². The monoisotopic (exact) mass is 346 g/mol. The second kappa shape index (κ2) is 5.58. The summed E-state index contributed by atoms with van der Waals surface area (Å²) in [7, 11) is -0.330. The maximum atomic E-state index is 6.27. The minimum atomic E-state index is -0.330. The molecule has 0 amide bonds. The molecule has 2 nitrogen and oxygen atoms in total. The van der Waals surface area contributed by atoms with Crippen molar-refractivity contribution in [1.29, 1.82) is 0 Å². The molecule has 1 unspecified atom stereocenters. The predicted octanol–water partition coefficient (Wildman–Crippen LogP) is 4.85.